The van der Waals surface area contributed by atoms with E-state index in [9.17, 15) is 0 Å². The molecule has 0 bridgehead atoms. The molecule has 0 amide bonds. The molecule has 2 nitrogen and oxygen atoms in total. The summed E-state index contributed by atoms with van der Waals surface area (Å²) in [4.78, 5) is 5.71. The Morgan fingerprint density at radius 1 is 0.550 bits per heavy atom. The molecule has 302 valence electrons. The second-order valence-electron chi connectivity index (χ2n) is 22.2. The second kappa shape index (κ2) is 12.4. The van der Waals surface area contributed by atoms with Crippen molar-refractivity contribution in [3.63, 3.8) is 0 Å². The number of fused-ring (bicyclic) bond motifs is 10. The molecule has 1 fully saturated rings. The van der Waals surface area contributed by atoms with Gasteiger partial charge in [0.1, 0.15) is 0 Å². The summed E-state index contributed by atoms with van der Waals surface area (Å²) >= 11 is 1.95. The lowest BCUT2D eigenvalue weighted by molar-refractivity contribution is 0.199. The molecule has 11 rings (SSSR count). The number of thiophene rings is 1. The number of benzene rings is 6. The molecule has 1 aromatic heterocycles. The molecule has 4 heterocycles. The van der Waals surface area contributed by atoms with Gasteiger partial charge in [0.05, 0.1) is 5.69 Å². The van der Waals surface area contributed by atoms with Crippen molar-refractivity contribution in [1.82, 2.24) is 0 Å². The third kappa shape index (κ3) is 5.19. The molecule has 4 aliphatic rings. The highest BCUT2D eigenvalue weighted by atomic mass is 32.1. The number of hydrogen-bond donors (Lipinski definition) is 0. The number of nitrogens with zero attached hydrogens (tertiary/aromatic N) is 2. The quantitative estimate of drug-likeness (QED) is 0.161. The molecule has 0 saturated heterocycles. The summed E-state index contributed by atoms with van der Waals surface area (Å²) in [5.41, 5.74) is 19.4. The Morgan fingerprint density at radius 3 is 1.93 bits per heavy atom. The molecular formula is C56H59BN2S. The van der Waals surface area contributed by atoms with Crippen LogP contribution in [0.4, 0.5) is 22.7 Å². The van der Waals surface area contributed by atoms with E-state index in [4.69, 9.17) is 0 Å². The molecule has 0 radical (unpaired) electrons. The molecule has 2 unspecified atom stereocenters. The third-order valence-electron chi connectivity index (χ3n) is 15.5. The van der Waals surface area contributed by atoms with E-state index in [1.54, 1.807) is 5.56 Å². The van der Waals surface area contributed by atoms with Gasteiger partial charge < -0.3 is 9.71 Å². The van der Waals surface area contributed by atoms with E-state index in [2.05, 4.69) is 195 Å². The molecule has 1 saturated carbocycles. The van der Waals surface area contributed by atoms with Crippen LogP contribution in [-0.4, -0.2) is 12.4 Å². The monoisotopic (exact) mass is 802 g/mol. The van der Waals surface area contributed by atoms with Crippen molar-refractivity contribution >= 4 is 72.0 Å². The fraction of sp³-hybridized carbons (Fsp3) is 0.357. The number of rotatable bonds is 2. The maximum Gasteiger partial charge on any atom is 0.328 e. The highest BCUT2D eigenvalue weighted by Gasteiger charge is 2.63. The summed E-state index contributed by atoms with van der Waals surface area (Å²) in [5.74, 6) is 0. The van der Waals surface area contributed by atoms with Crippen LogP contribution < -0.4 is 20.6 Å². The van der Waals surface area contributed by atoms with Crippen LogP contribution in [0.1, 0.15) is 124 Å². The van der Waals surface area contributed by atoms with Gasteiger partial charge >= 0.3 is 6.85 Å². The Morgan fingerprint density at radius 2 is 1.20 bits per heavy atom. The van der Waals surface area contributed by atoms with Gasteiger partial charge in [0.2, 0.25) is 0 Å². The zero-order chi connectivity index (χ0) is 41.9. The Hall–Kier alpha value is -4.80. The maximum atomic E-state index is 3.00. The maximum absolute atomic E-state index is 3.00. The van der Waals surface area contributed by atoms with E-state index < -0.39 is 0 Å². The van der Waals surface area contributed by atoms with Crippen molar-refractivity contribution in [2.45, 2.75) is 129 Å². The summed E-state index contributed by atoms with van der Waals surface area (Å²) in [6.07, 6.45) is 4.96. The predicted molar refractivity (Wildman–Crippen MR) is 263 cm³/mol. The van der Waals surface area contributed by atoms with Crippen LogP contribution in [0.25, 0.3) is 42.4 Å². The molecule has 7 aromatic rings. The average molecular weight is 803 g/mol. The fourth-order valence-electron chi connectivity index (χ4n) is 11.7. The SMILES string of the molecule is CC(C)(C)c1ccc(N2c3cc4c(cc3B3c5c(cc(C(C)(C)C)cc52)-c2cc(C(C)(C)C)cc5c2N3C2(C)CCCCC52C)sc2ccccc24)c(-c2ccccc2)c1. The number of hydrogen-bond acceptors (Lipinski definition) is 3. The van der Waals surface area contributed by atoms with E-state index in [-0.39, 0.29) is 34.0 Å². The normalized spacial score (nSPS) is 20.7. The number of anilines is 4. The summed E-state index contributed by atoms with van der Waals surface area (Å²) in [6, 6.07) is 43.2. The summed E-state index contributed by atoms with van der Waals surface area (Å²) in [7, 11) is 0. The van der Waals surface area contributed by atoms with Crippen molar-refractivity contribution in [2.75, 3.05) is 9.71 Å². The van der Waals surface area contributed by atoms with Gasteiger partial charge in [-0.05, 0) is 123 Å². The minimum atomic E-state index is -0.0628. The van der Waals surface area contributed by atoms with Gasteiger partial charge in [-0.2, -0.15) is 0 Å². The highest BCUT2D eigenvalue weighted by Crippen LogP contribution is 2.64. The molecule has 4 heteroatoms. The lowest BCUT2D eigenvalue weighted by Gasteiger charge is -2.55. The van der Waals surface area contributed by atoms with Crippen LogP contribution in [0.2, 0.25) is 0 Å². The van der Waals surface area contributed by atoms with Gasteiger partial charge in [0, 0.05) is 59.3 Å². The molecule has 60 heavy (non-hydrogen) atoms. The lowest BCUT2D eigenvalue weighted by Crippen LogP contribution is -2.70. The van der Waals surface area contributed by atoms with E-state index in [1.165, 1.54) is 118 Å². The molecule has 1 aliphatic carbocycles. The molecule has 0 N–H and O–H groups in total. The van der Waals surface area contributed by atoms with Gasteiger partial charge in [0.25, 0.3) is 0 Å². The first kappa shape index (κ1) is 38.2. The van der Waals surface area contributed by atoms with E-state index in [1.807, 2.05) is 11.3 Å². The van der Waals surface area contributed by atoms with Crippen LogP contribution in [-0.2, 0) is 21.7 Å². The van der Waals surface area contributed by atoms with Crippen molar-refractivity contribution in [2.24, 2.45) is 0 Å². The summed E-state index contributed by atoms with van der Waals surface area (Å²) in [6.45, 7) is 26.8. The first-order valence-electron chi connectivity index (χ1n) is 22.5. The van der Waals surface area contributed by atoms with E-state index in [0.29, 0.717) is 0 Å². The minimum absolute atomic E-state index is 0.00403. The molecule has 3 aliphatic heterocycles. The Bertz CT molecular complexity index is 2940. The van der Waals surface area contributed by atoms with Gasteiger partial charge in [0.15, 0.2) is 0 Å². The van der Waals surface area contributed by atoms with Gasteiger partial charge in [-0.25, -0.2) is 0 Å². The zero-order valence-corrected chi connectivity index (χ0v) is 38.4. The summed E-state index contributed by atoms with van der Waals surface area (Å²) in [5, 5.41) is 2.70. The highest BCUT2D eigenvalue weighted by molar-refractivity contribution is 7.26. The minimum Gasteiger partial charge on any atom is -0.400 e. The molecule has 2 atom stereocenters. The van der Waals surface area contributed by atoms with Crippen molar-refractivity contribution in [3.8, 4) is 22.3 Å². The fourth-order valence-corrected chi connectivity index (χ4v) is 12.9. The standard InChI is InChI=1S/C56H59BN2S/c1-52(2,3)35-23-24-45(39(27-35)34-19-13-12-14-20-34)58-46-32-40-38-21-15-16-22-48(38)60-49(40)33-44(46)57-50-41(28-37(31-47(50)58)54(7,8)9)42-29-36(53(4,5)6)30-43-51(42)59(57)56(11)26-18-17-25-55(43,56)10/h12-16,19-24,27-33H,17-18,25-26H2,1-11H3. The Kier molecular flexibility index (Phi) is 7.89. The van der Waals surface area contributed by atoms with E-state index >= 15 is 0 Å². The lowest BCUT2D eigenvalue weighted by atomic mass is 9.42. The molecule has 6 aromatic carbocycles. The van der Waals surface area contributed by atoms with E-state index in [0.717, 1.165) is 0 Å². The Balaban J connectivity index is 1.32. The predicted octanol–water partition coefficient (Wildman–Crippen LogP) is 14.6. The smallest absolute Gasteiger partial charge is 0.328 e. The van der Waals surface area contributed by atoms with Crippen LogP contribution in [0, 0.1) is 0 Å². The van der Waals surface area contributed by atoms with Crippen LogP contribution >= 0.6 is 11.3 Å². The molecule has 0 spiro atoms. The first-order valence-corrected chi connectivity index (χ1v) is 23.3. The topological polar surface area (TPSA) is 6.48 Å². The first-order chi connectivity index (χ1) is 28.4. The largest absolute Gasteiger partial charge is 0.400 e. The zero-order valence-electron chi connectivity index (χ0n) is 37.6. The van der Waals surface area contributed by atoms with Crippen molar-refractivity contribution in [3.05, 3.63) is 131 Å². The van der Waals surface area contributed by atoms with Crippen molar-refractivity contribution in [1.29, 1.82) is 0 Å². The van der Waals surface area contributed by atoms with Crippen LogP contribution in [0.3, 0.4) is 0 Å². The van der Waals surface area contributed by atoms with Gasteiger partial charge in [-0.3, -0.25) is 0 Å². The van der Waals surface area contributed by atoms with Gasteiger partial charge in [-0.1, -0.05) is 149 Å². The van der Waals surface area contributed by atoms with Crippen molar-refractivity contribution < 1.29 is 0 Å². The van der Waals surface area contributed by atoms with Crippen LogP contribution in [0.15, 0.2) is 109 Å². The van der Waals surface area contributed by atoms with Gasteiger partial charge in [-0.15, -0.1) is 11.3 Å². The van der Waals surface area contributed by atoms with Crippen LogP contribution in [0.5, 0.6) is 0 Å². The Labute approximate surface area is 362 Å². The summed E-state index contributed by atoms with van der Waals surface area (Å²) < 4.78 is 2.73. The third-order valence-corrected chi connectivity index (χ3v) is 16.6. The molecular weight excluding hydrogens is 744 g/mol. The second-order valence-corrected chi connectivity index (χ2v) is 23.2. The average Bonchev–Trinajstić information content (AvgIpc) is 3.67.